The fourth-order valence-corrected chi connectivity index (χ4v) is 3.39. The van der Waals surface area contributed by atoms with Gasteiger partial charge in [0.15, 0.2) is 16.6 Å². The van der Waals surface area contributed by atoms with Crippen molar-refractivity contribution < 1.29 is 19.1 Å². The predicted octanol–water partition coefficient (Wildman–Crippen LogP) is 3.70. The molecule has 0 spiro atoms. The van der Waals surface area contributed by atoms with Gasteiger partial charge in [0.05, 0.1) is 12.1 Å². The molecule has 0 unspecified atom stereocenters. The number of rotatable bonds is 6. The van der Waals surface area contributed by atoms with Crippen LogP contribution in [0.4, 0.5) is 10.8 Å². The number of nitrogens with zero attached hydrogens (tertiary/aromatic N) is 1. The maximum absolute atomic E-state index is 12.3. The molecule has 8 heteroatoms. The minimum atomic E-state index is -0.278. The zero-order chi connectivity index (χ0) is 20.1. The summed E-state index contributed by atoms with van der Waals surface area (Å²) in [6.07, 6.45) is 3.27. The molecule has 7 nitrogen and oxygen atoms in total. The van der Waals surface area contributed by atoms with E-state index in [1.807, 2.05) is 30.3 Å². The smallest absolute Gasteiger partial charge is 0.250 e. The molecule has 4 rings (SSSR count). The molecule has 0 aliphatic carbocycles. The van der Waals surface area contributed by atoms with Crippen molar-refractivity contribution in [1.29, 1.82) is 0 Å². The molecule has 0 saturated heterocycles. The highest BCUT2D eigenvalue weighted by Crippen LogP contribution is 2.34. The highest BCUT2D eigenvalue weighted by molar-refractivity contribution is 7.14. The van der Waals surface area contributed by atoms with E-state index < -0.39 is 0 Å². The number of thiazole rings is 1. The Labute approximate surface area is 171 Å². The van der Waals surface area contributed by atoms with E-state index in [4.69, 9.17) is 9.47 Å². The van der Waals surface area contributed by atoms with Crippen LogP contribution < -0.4 is 20.1 Å². The standard InChI is InChI=1S/C21H17N3O4S/c25-19(9-6-14-4-2-1-3-5-14)24-21-23-16(12-29-21)11-20(26)22-15-7-8-17-18(10-15)28-13-27-17/h1-10,12H,11,13H2,(H,22,26)(H,23,24,25)/b9-6+. The van der Waals surface area contributed by atoms with Gasteiger partial charge in [-0.05, 0) is 23.8 Å². The predicted molar refractivity (Wildman–Crippen MR) is 111 cm³/mol. The van der Waals surface area contributed by atoms with Crippen LogP contribution in [-0.2, 0) is 16.0 Å². The Morgan fingerprint density at radius 3 is 2.76 bits per heavy atom. The van der Waals surface area contributed by atoms with E-state index in [0.717, 1.165) is 5.56 Å². The number of fused-ring (bicyclic) bond motifs is 1. The molecule has 0 fully saturated rings. The summed E-state index contributed by atoms with van der Waals surface area (Å²) in [6.45, 7) is 0.181. The number of carbonyl (C=O) groups is 2. The molecule has 0 bridgehead atoms. The summed E-state index contributed by atoms with van der Waals surface area (Å²) >= 11 is 1.27. The Morgan fingerprint density at radius 1 is 1.07 bits per heavy atom. The number of hydrogen-bond donors (Lipinski definition) is 2. The van der Waals surface area contributed by atoms with E-state index in [2.05, 4.69) is 15.6 Å². The molecular formula is C21H17N3O4S. The molecule has 2 aromatic carbocycles. The number of nitrogens with one attached hydrogen (secondary N) is 2. The summed E-state index contributed by atoms with van der Waals surface area (Å²) in [7, 11) is 0. The fraction of sp³-hybridized carbons (Fsp3) is 0.0952. The van der Waals surface area contributed by atoms with E-state index in [1.54, 1.807) is 29.7 Å². The first-order valence-corrected chi connectivity index (χ1v) is 9.72. The van der Waals surface area contributed by atoms with Gasteiger partial charge in [-0.15, -0.1) is 11.3 Å². The van der Waals surface area contributed by atoms with Crippen LogP contribution in [-0.4, -0.2) is 23.6 Å². The Hall–Kier alpha value is -3.65. The van der Waals surface area contributed by atoms with Crippen LogP contribution in [0.25, 0.3) is 6.08 Å². The second-order valence-electron chi connectivity index (χ2n) is 6.17. The summed E-state index contributed by atoms with van der Waals surface area (Å²) in [4.78, 5) is 28.6. The Morgan fingerprint density at radius 2 is 1.90 bits per heavy atom. The minimum absolute atomic E-state index is 0.0979. The number of benzene rings is 2. The van der Waals surface area contributed by atoms with Gasteiger partial charge >= 0.3 is 0 Å². The van der Waals surface area contributed by atoms with Crippen LogP contribution in [0.5, 0.6) is 11.5 Å². The lowest BCUT2D eigenvalue weighted by atomic mass is 10.2. The maximum atomic E-state index is 12.3. The molecule has 1 aliphatic heterocycles. The van der Waals surface area contributed by atoms with E-state index >= 15 is 0 Å². The zero-order valence-electron chi connectivity index (χ0n) is 15.3. The molecule has 0 saturated carbocycles. The van der Waals surface area contributed by atoms with Crippen molar-refractivity contribution in [1.82, 2.24) is 4.98 Å². The summed E-state index contributed by atoms with van der Waals surface area (Å²) in [5, 5.41) is 7.69. The van der Waals surface area contributed by atoms with Crippen LogP contribution in [0.3, 0.4) is 0 Å². The van der Waals surface area contributed by atoms with Gasteiger partial charge in [0.25, 0.3) is 0 Å². The first-order chi connectivity index (χ1) is 14.2. The van der Waals surface area contributed by atoms with Crippen molar-refractivity contribution in [3.63, 3.8) is 0 Å². The van der Waals surface area contributed by atoms with Gasteiger partial charge < -0.3 is 14.8 Å². The molecule has 2 amide bonds. The average molecular weight is 407 g/mol. The summed E-state index contributed by atoms with van der Waals surface area (Å²) in [5.74, 6) is 0.768. The molecular weight excluding hydrogens is 390 g/mol. The second kappa shape index (κ2) is 8.57. The average Bonchev–Trinajstić information content (AvgIpc) is 3.36. The largest absolute Gasteiger partial charge is 0.454 e. The lowest BCUT2D eigenvalue weighted by Crippen LogP contribution is -2.14. The third-order valence-corrected chi connectivity index (χ3v) is 4.81. The molecule has 2 N–H and O–H groups in total. The van der Waals surface area contributed by atoms with Gasteiger partial charge in [0.2, 0.25) is 18.6 Å². The van der Waals surface area contributed by atoms with Crippen LogP contribution in [0.1, 0.15) is 11.3 Å². The van der Waals surface area contributed by atoms with Crippen molar-refractivity contribution >= 4 is 40.0 Å². The molecule has 3 aromatic rings. The molecule has 0 radical (unpaired) electrons. The van der Waals surface area contributed by atoms with Crippen molar-refractivity contribution in [2.75, 3.05) is 17.4 Å². The summed E-state index contributed by atoms with van der Waals surface area (Å²) in [5.41, 5.74) is 2.13. The van der Waals surface area contributed by atoms with E-state index in [0.29, 0.717) is 28.0 Å². The Balaban J connectivity index is 1.30. The normalized spacial score (nSPS) is 12.1. The molecule has 146 valence electrons. The summed E-state index contributed by atoms with van der Waals surface area (Å²) in [6, 6.07) is 14.7. The third kappa shape index (κ3) is 4.99. The van der Waals surface area contributed by atoms with E-state index in [1.165, 1.54) is 17.4 Å². The number of carbonyl (C=O) groups excluding carboxylic acids is 2. The van der Waals surface area contributed by atoms with Gasteiger partial charge in [-0.3, -0.25) is 14.9 Å². The van der Waals surface area contributed by atoms with Gasteiger partial charge in [0, 0.05) is 23.2 Å². The highest BCUT2D eigenvalue weighted by Gasteiger charge is 2.15. The van der Waals surface area contributed by atoms with Gasteiger partial charge in [-0.1, -0.05) is 30.3 Å². The topological polar surface area (TPSA) is 89.6 Å². The van der Waals surface area contributed by atoms with Crippen molar-refractivity contribution in [3.8, 4) is 11.5 Å². The number of amides is 2. The Bertz CT molecular complexity index is 1060. The number of anilines is 2. The summed E-state index contributed by atoms with van der Waals surface area (Å²) < 4.78 is 10.5. The minimum Gasteiger partial charge on any atom is -0.454 e. The monoisotopic (exact) mass is 407 g/mol. The zero-order valence-corrected chi connectivity index (χ0v) is 16.1. The fourth-order valence-electron chi connectivity index (χ4n) is 2.67. The molecule has 1 aromatic heterocycles. The van der Waals surface area contributed by atoms with E-state index in [-0.39, 0.29) is 25.0 Å². The van der Waals surface area contributed by atoms with Crippen LogP contribution in [0.15, 0.2) is 60.0 Å². The SMILES string of the molecule is O=C(/C=C/c1ccccc1)Nc1nc(CC(=O)Nc2ccc3c(c2)OCO3)cs1. The van der Waals surface area contributed by atoms with E-state index in [9.17, 15) is 9.59 Å². The molecule has 2 heterocycles. The van der Waals surface area contributed by atoms with Gasteiger partial charge in [-0.25, -0.2) is 4.98 Å². The molecule has 1 aliphatic rings. The Kier molecular flexibility index (Phi) is 5.53. The molecule has 0 atom stereocenters. The van der Waals surface area contributed by atoms with Crippen LogP contribution in [0.2, 0.25) is 0 Å². The first kappa shape index (κ1) is 18.7. The highest BCUT2D eigenvalue weighted by atomic mass is 32.1. The molecule has 29 heavy (non-hydrogen) atoms. The van der Waals surface area contributed by atoms with Gasteiger partial charge in [0.1, 0.15) is 0 Å². The van der Waals surface area contributed by atoms with Crippen LogP contribution >= 0.6 is 11.3 Å². The second-order valence-corrected chi connectivity index (χ2v) is 7.03. The third-order valence-electron chi connectivity index (χ3n) is 4.01. The first-order valence-electron chi connectivity index (χ1n) is 8.84. The van der Waals surface area contributed by atoms with Crippen molar-refractivity contribution in [2.24, 2.45) is 0 Å². The number of ether oxygens (including phenoxy) is 2. The van der Waals surface area contributed by atoms with Gasteiger partial charge in [-0.2, -0.15) is 0 Å². The lowest BCUT2D eigenvalue weighted by molar-refractivity contribution is -0.115. The number of aromatic nitrogens is 1. The quantitative estimate of drug-likeness (QED) is 0.608. The van der Waals surface area contributed by atoms with Crippen molar-refractivity contribution in [3.05, 3.63) is 71.2 Å². The van der Waals surface area contributed by atoms with Crippen LogP contribution in [0, 0.1) is 0 Å². The number of hydrogen-bond acceptors (Lipinski definition) is 6. The lowest BCUT2D eigenvalue weighted by Gasteiger charge is -2.05. The van der Waals surface area contributed by atoms with Crippen molar-refractivity contribution in [2.45, 2.75) is 6.42 Å². The maximum Gasteiger partial charge on any atom is 0.250 e.